The molecule has 0 radical (unpaired) electrons. The van der Waals surface area contributed by atoms with Crippen LogP contribution in [0.3, 0.4) is 0 Å². The maximum absolute atomic E-state index is 6.30. The molecular weight excluding hydrogens is 314 g/mol. The minimum Gasteiger partial charge on any atom is -0.326 e. The van der Waals surface area contributed by atoms with Gasteiger partial charge >= 0.3 is 0 Å². The third kappa shape index (κ3) is 3.42. The molecule has 1 saturated heterocycles. The molecule has 0 bridgehead atoms. The molecule has 1 fully saturated rings. The fourth-order valence-electron chi connectivity index (χ4n) is 3.05. The van der Waals surface area contributed by atoms with Crippen LogP contribution in [0.15, 0.2) is 28.7 Å². The third-order valence-electron chi connectivity index (χ3n) is 4.43. The molecule has 0 saturated carbocycles. The van der Waals surface area contributed by atoms with Crippen LogP contribution >= 0.6 is 15.9 Å². The van der Waals surface area contributed by atoms with Gasteiger partial charge in [-0.25, -0.2) is 0 Å². The minimum atomic E-state index is 0.114. The van der Waals surface area contributed by atoms with Crippen molar-refractivity contribution in [1.29, 1.82) is 0 Å². The molecule has 1 heterocycles. The van der Waals surface area contributed by atoms with Gasteiger partial charge in [0.1, 0.15) is 0 Å². The average Bonchev–Trinajstić information content (AvgIpc) is 2.33. The highest BCUT2D eigenvalue weighted by molar-refractivity contribution is 9.10. The molecule has 3 nitrogen and oxygen atoms in total. The molecule has 112 valence electrons. The van der Waals surface area contributed by atoms with Crippen LogP contribution in [0.25, 0.3) is 0 Å². The average molecular weight is 340 g/mol. The zero-order valence-corrected chi connectivity index (χ0v) is 14.5. The zero-order chi connectivity index (χ0) is 14.9. The molecule has 0 amide bonds. The number of nitrogens with two attached hydrogens (primary N) is 1. The van der Waals surface area contributed by atoms with E-state index in [1.165, 1.54) is 5.56 Å². The molecule has 1 aliphatic heterocycles. The maximum Gasteiger partial charge on any atom is 0.0498 e. The second-order valence-corrected chi connectivity index (χ2v) is 7.48. The lowest BCUT2D eigenvalue weighted by Crippen LogP contribution is -2.59. The second-order valence-electron chi connectivity index (χ2n) is 6.56. The number of rotatable bonds is 3. The van der Waals surface area contributed by atoms with Gasteiger partial charge in [0, 0.05) is 41.7 Å². The van der Waals surface area contributed by atoms with Crippen molar-refractivity contribution in [3.05, 3.63) is 34.3 Å². The monoisotopic (exact) mass is 339 g/mol. The number of nitrogens with zero attached hydrogens (tertiary/aromatic N) is 2. The Morgan fingerprint density at radius 2 is 2.00 bits per heavy atom. The summed E-state index contributed by atoms with van der Waals surface area (Å²) in [7, 11) is 2.21. The van der Waals surface area contributed by atoms with Crippen LogP contribution in [0.4, 0.5) is 0 Å². The molecule has 0 spiro atoms. The quantitative estimate of drug-likeness (QED) is 0.918. The van der Waals surface area contributed by atoms with Crippen LogP contribution < -0.4 is 5.73 Å². The van der Waals surface area contributed by atoms with Crippen molar-refractivity contribution in [2.24, 2.45) is 5.73 Å². The Hall–Kier alpha value is -0.420. The van der Waals surface area contributed by atoms with E-state index in [2.05, 4.69) is 77.8 Å². The molecule has 2 atom stereocenters. The molecule has 0 aliphatic carbocycles. The Labute approximate surface area is 131 Å². The van der Waals surface area contributed by atoms with Crippen molar-refractivity contribution in [3.63, 3.8) is 0 Å². The number of hydrogen-bond donors (Lipinski definition) is 1. The molecule has 0 aromatic heterocycles. The highest BCUT2D eigenvalue weighted by Gasteiger charge is 2.35. The number of hydrogen-bond acceptors (Lipinski definition) is 3. The smallest absolute Gasteiger partial charge is 0.0498 e. The van der Waals surface area contributed by atoms with Crippen LogP contribution in [0, 0.1) is 0 Å². The molecule has 4 heteroatoms. The predicted octanol–water partition coefficient (Wildman–Crippen LogP) is 2.86. The van der Waals surface area contributed by atoms with Crippen LogP contribution in [-0.2, 0) is 0 Å². The normalized spacial score (nSPS) is 23.5. The summed E-state index contributed by atoms with van der Waals surface area (Å²) >= 11 is 3.57. The summed E-state index contributed by atoms with van der Waals surface area (Å²) in [5.74, 6) is 0. The van der Waals surface area contributed by atoms with Crippen molar-refractivity contribution in [2.75, 3.05) is 26.7 Å². The SMILES string of the molecule is CC(N)C(c1cccc(Br)c1)N1CCN(C)C(C)(C)C1. The molecule has 2 unspecified atom stereocenters. The highest BCUT2D eigenvalue weighted by atomic mass is 79.9. The van der Waals surface area contributed by atoms with Crippen molar-refractivity contribution >= 4 is 15.9 Å². The second kappa shape index (κ2) is 6.14. The molecule has 2 N–H and O–H groups in total. The Kier molecular flexibility index (Phi) is 4.90. The Morgan fingerprint density at radius 1 is 1.30 bits per heavy atom. The molecular formula is C16H26BrN3. The topological polar surface area (TPSA) is 32.5 Å². The van der Waals surface area contributed by atoms with E-state index in [0.29, 0.717) is 0 Å². The van der Waals surface area contributed by atoms with Crippen LogP contribution in [-0.4, -0.2) is 48.1 Å². The lowest BCUT2D eigenvalue weighted by Gasteiger charge is -2.49. The van der Waals surface area contributed by atoms with Gasteiger partial charge in [0.15, 0.2) is 0 Å². The first-order valence-electron chi connectivity index (χ1n) is 7.27. The first-order valence-corrected chi connectivity index (χ1v) is 8.07. The summed E-state index contributed by atoms with van der Waals surface area (Å²) in [5.41, 5.74) is 7.79. The van der Waals surface area contributed by atoms with E-state index in [9.17, 15) is 0 Å². The summed E-state index contributed by atoms with van der Waals surface area (Å²) in [4.78, 5) is 4.97. The first kappa shape index (κ1) is 16.0. The van der Waals surface area contributed by atoms with Crippen LogP contribution in [0.5, 0.6) is 0 Å². The Morgan fingerprint density at radius 3 is 2.55 bits per heavy atom. The molecule has 20 heavy (non-hydrogen) atoms. The van der Waals surface area contributed by atoms with Gasteiger partial charge in [0.25, 0.3) is 0 Å². The summed E-state index contributed by atoms with van der Waals surface area (Å²) in [6.07, 6.45) is 0. The standard InChI is InChI=1S/C16H26BrN3/c1-12(18)15(13-6-5-7-14(17)10-13)20-9-8-19(4)16(2,3)11-20/h5-7,10,12,15H,8-9,11,18H2,1-4H3. The molecule has 1 aromatic rings. The summed E-state index contributed by atoms with van der Waals surface area (Å²) in [5, 5.41) is 0. The third-order valence-corrected chi connectivity index (χ3v) is 4.92. The lowest BCUT2D eigenvalue weighted by atomic mass is 9.93. The van der Waals surface area contributed by atoms with Gasteiger partial charge in [0.2, 0.25) is 0 Å². The molecule has 2 rings (SSSR count). The maximum atomic E-state index is 6.30. The molecule has 1 aliphatic rings. The number of halogens is 1. The molecule has 1 aromatic carbocycles. The van der Waals surface area contributed by atoms with Gasteiger partial charge in [0.05, 0.1) is 0 Å². The fraction of sp³-hybridized carbons (Fsp3) is 0.625. The summed E-state index contributed by atoms with van der Waals surface area (Å²) < 4.78 is 1.12. The van der Waals surface area contributed by atoms with Gasteiger partial charge in [-0.15, -0.1) is 0 Å². The minimum absolute atomic E-state index is 0.114. The Bertz CT molecular complexity index is 459. The Balaban J connectivity index is 2.26. The summed E-state index contributed by atoms with van der Waals surface area (Å²) in [6.45, 7) is 9.92. The van der Waals surface area contributed by atoms with Gasteiger partial charge in [-0.3, -0.25) is 9.80 Å². The number of benzene rings is 1. The predicted molar refractivity (Wildman–Crippen MR) is 88.8 cm³/mol. The fourth-order valence-corrected chi connectivity index (χ4v) is 3.47. The first-order chi connectivity index (χ1) is 9.31. The van der Waals surface area contributed by atoms with Gasteiger partial charge in [-0.2, -0.15) is 0 Å². The lowest BCUT2D eigenvalue weighted by molar-refractivity contribution is 0.0112. The van der Waals surface area contributed by atoms with Crippen molar-refractivity contribution in [2.45, 2.75) is 38.4 Å². The summed E-state index contributed by atoms with van der Waals surface area (Å²) in [6, 6.07) is 8.93. The van der Waals surface area contributed by atoms with E-state index in [4.69, 9.17) is 5.73 Å². The van der Waals surface area contributed by atoms with Crippen LogP contribution in [0.2, 0.25) is 0 Å². The zero-order valence-electron chi connectivity index (χ0n) is 12.9. The van der Waals surface area contributed by atoms with E-state index in [1.807, 2.05) is 0 Å². The largest absolute Gasteiger partial charge is 0.326 e. The number of piperazine rings is 1. The van der Waals surface area contributed by atoms with Crippen molar-refractivity contribution in [1.82, 2.24) is 9.80 Å². The van der Waals surface area contributed by atoms with E-state index in [0.717, 1.165) is 24.1 Å². The van der Waals surface area contributed by atoms with E-state index in [1.54, 1.807) is 0 Å². The van der Waals surface area contributed by atoms with Gasteiger partial charge in [-0.1, -0.05) is 28.1 Å². The highest BCUT2D eigenvalue weighted by Crippen LogP contribution is 2.30. The van der Waals surface area contributed by atoms with Gasteiger partial charge in [-0.05, 0) is 45.5 Å². The van der Waals surface area contributed by atoms with Gasteiger partial charge < -0.3 is 5.73 Å². The van der Waals surface area contributed by atoms with E-state index < -0.39 is 0 Å². The van der Waals surface area contributed by atoms with Crippen LogP contribution in [0.1, 0.15) is 32.4 Å². The van der Waals surface area contributed by atoms with E-state index in [-0.39, 0.29) is 17.6 Å². The van der Waals surface area contributed by atoms with Crippen molar-refractivity contribution in [3.8, 4) is 0 Å². The number of likely N-dealkylation sites (N-methyl/N-ethyl adjacent to an activating group) is 1. The van der Waals surface area contributed by atoms with Crippen molar-refractivity contribution < 1.29 is 0 Å². The van der Waals surface area contributed by atoms with E-state index >= 15 is 0 Å².